The van der Waals surface area contributed by atoms with Crippen LogP contribution in [0.25, 0.3) is 0 Å². The van der Waals surface area contributed by atoms with Crippen LogP contribution in [0.4, 0.5) is 10.6 Å². The summed E-state index contributed by atoms with van der Waals surface area (Å²) in [6.45, 7) is 5.16. The summed E-state index contributed by atoms with van der Waals surface area (Å²) in [7, 11) is 3.31. The maximum absolute atomic E-state index is 12.6. The highest BCUT2D eigenvalue weighted by Crippen LogP contribution is 2.38. The number of carbonyl (C=O) groups is 2. The third-order valence-corrected chi connectivity index (χ3v) is 5.85. The second-order valence-electron chi connectivity index (χ2n) is 8.85. The molecule has 4 rings (SSSR count). The molecule has 2 aromatic rings. The van der Waals surface area contributed by atoms with Gasteiger partial charge in [0.2, 0.25) is 0 Å². The van der Waals surface area contributed by atoms with E-state index in [0.29, 0.717) is 23.8 Å². The zero-order valence-corrected chi connectivity index (χ0v) is 17.9. The van der Waals surface area contributed by atoms with Crippen LogP contribution in [0.2, 0.25) is 0 Å². The normalized spacial score (nSPS) is 23.1. The highest BCUT2D eigenvalue weighted by molar-refractivity contribution is 6.02. The minimum Gasteiger partial charge on any atom is -0.378 e. The summed E-state index contributed by atoms with van der Waals surface area (Å²) in [6.07, 6.45) is 2.83. The van der Waals surface area contributed by atoms with Crippen molar-refractivity contribution in [2.24, 2.45) is 7.05 Å². The van der Waals surface area contributed by atoms with Gasteiger partial charge in [-0.25, -0.2) is 4.79 Å². The Kier molecular flexibility index (Phi) is 5.27. The summed E-state index contributed by atoms with van der Waals surface area (Å²) < 4.78 is 6.59. The van der Waals surface area contributed by atoms with Gasteiger partial charge in [-0.2, -0.15) is 10.2 Å². The van der Waals surface area contributed by atoms with Crippen LogP contribution < -0.4 is 10.6 Å². The van der Waals surface area contributed by atoms with Crippen LogP contribution in [0.1, 0.15) is 60.9 Å². The maximum atomic E-state index is 12.6. The number of rotatable bonds is 6. The number of nitrogens with zero attached hydrogens (tertiary/aromatic N) is 4. The average molecular weight is 415 g/mol. The second-order valence-corrected chi connectivity index (χ2v) is 8.85. The third kappa shape index (κ3) is 4.04. The number of nitrogens with one attached hydrogen (secondary N) is 3. The molecule has 0 spiro atoms. The fraction of sp³-hybridized carbons (Fsp3) is 0.600. The van der Waals surface area contributed by atoms with E-state index in [9.17, 15) is 9.59 Å². The SMILES string of the molecule is COCc1cc(C(=O)Nc2cc(C3CCC(N4CC(C)(C)NC4=O)C3)[nH]n2)n(C)n1. The van der Waals surface area contributed by atoms with Crippen LogP contribution >= 0.6 is 0 Å². The summed E-state index contributed by atoms with van der Waals surface area (Å²) >= 11 is 0. The molecule has 3 amide bonds. The number of H-pyrrole nitrogens is 1. The van der Waals surface area contributed by atoms with E-state index in [-0.39, 0.29) is 29.4 Å². The van der Waals surface area contributed by atoms with Crippen LogP contribution in [-0.2, 0) is 18.4 Å². The first-order valence-electron chi connectivity index (χ1n) is 10.2. The van der Waals surface area contributed by atoms with Gasteiger partial charge >= 0.3 is 6.03 Å². The molecule has 0 radical (unpaired) electrons. The van der Waals surface area contributed by atoms with E-state index in [1.54, 1.807) is 20.2 Å². The Morgan fingerprint density at radius 2 is 2.17 bits per heavy atom. The van der Waals surface area contributed by atoms with Gasteiger partial charge in [0.05, 0.1) is 17.8 Å². The molecule has 3 heterocycles. The largest absolute Gasteiger partial charge is 0.378 e. The summed E-state index contributed by atoms with van der Waals surface area (Å²) in [5.74, 6) is 0.494. The molecule has 2 aromatic heterocycles. The minimum atomic E-state index is -0.273. The van der Waals surface area contributed by atoms with Gasteiger partial charge in [-0.3, -0.25) is 14.6 Å². The van der Waals surface area contributed by atoms with Gasteiger partial charge in [-0.05, 0) is 39.2 Å². The van der Waals surface area contributed by atoms with E-state index in [0.717, 1.165) is 31.5 Å². The molecule has 10 heteroatoms. The Labute approximate surface area is 175 Å². The lowest BCUT2D eigenvalue weighted by Gasteiger charge is -2.24. The quantitative estimate of drug-likeness (QED) is 0.667. The molecule has 2 unspecified atom stereocenters. The van der Waals surface area contributed by atoms with E-state index < -0.39 is 0 Å². The fourth-order valence-corrected chi connectivity index (χ4v) is 4.46. The molecule has 0 aromatic carbocycles. The Hall–Kier alpha value is -2.88. The molecule has 1 aliphatic carbocycles. The van der Waals surface area contributed by atoms with Crippen molar-refractivity contribution in [1.82, 2.24) is 30.2 Å². The highest BCUT2D eigenvalue weighted by atomic mass is 16.5. The van der Waals surface area contributed by atoms with Crippen LogP contribution in [0.15, 0.2) is 12.1 Å². The number of amides is 3. The standard InChI is InChI=1S/C20H29N7O3/c1-20(2)11-27(19(29)22-20)14-6-5-12(7-14)15-9-17(24-23-15)21-18(28)16-8-13(10-30-4)25-26(16)3/h8-9,12,14H,5-7,10-11H2,1-4H3,(H,22,29)(H2,21,23,24,28). The van der Waals surface area contributed by atoms with Gasteiger partial charge in [0.15, 0.2) is 5.82 Å². The molecular weight excluding hydrogens is 386 g/mol. The van der Waals surface area contributed by atoms with Gasteiger partial charge in [0.25, 0.3) is 5.91 Å². The number of aryl methyl sites for hydroxylation is 1. The molecule has 0 bridgehead atoms. The van der Waals surface area contributed by atoms with Gasteiger partial charge in [0.1, 0.15) is 5.69 Å². The molecule has 1 aliphatic heterocycles. The van der Waals surface area contributed by atoms with E-state index in [1.807, 2.05) is 24.8 Å². The van der Waals surface area contributed by atoms with Gasteiger partial charge < -0.3 is 20.3 Å². The maximum Gasteiger partial charge on any atom is 0.318 e. The van der Waals surface area contributed by atoms with Crippen molar-refractivity contribution in [1.29, 1.82) is 0 Å². The van der Waals surface area contributed by atoms with Crippen molar-refractivity contribution >= 4 is 17.8 Å². The van der Waals surface area contributed by atoms with Gasteiger partial charge in [-0.15, -0.1) is 0 Å². The predicted molar refractivity (Wildman–Crippen MR) is 110 cm³/mol. The molecule has 3 N–H and O–H groups in total. The molecule has 10 nitrogen and oxygen atoms in total. The Morgan fingerprint density at radius 3 is 2.87 bits per heavy atom. The van der Waals surface area contributed by atoms with E-state index >= 15 is 0 Å². The van der Waals surface area contributed by atoms with Crippen molar-refractivity contribution < 1.29 is 14.3 Å². The lowest BCUT2D eigenvalue weighted by molar-refractivity contribution is 0.101. The second kappa shape index (κ2) is 7.75. The third-order valence-electron chi connectivity index (χ3n) is 5.85. The number of hydrogen-bond donors (Lipinski definition) is 3. The average Bonchev–Trinajstić information content (AvgIpc) is 3.42. The Balaban J connectivity index is 1.38. The van der Waals surface area contributed by atoms with E-state index in [1.165, 1.54) is 4.68 Å². The lowest BCUT2D eigenvalue weighted by atomic mass is 10.0. The lowest BCUT2D eigenvalue weighted by Crippen LogP contribution is -2.36. The monoisotopic (exact) mass is 415 g/mol. The van der Waals surface area contributed by atoms with Gasteiger partial charge in [0, 0.05) is 44.4 Å². The van der Waals surface area contributed by atoms with Crippen LogP contribution in [0.3, 0.4) is 0 Å². The fourth-order valence-electron chi connectivity index (χ4n) is 4.46. The highest BCUT2D eigenvalue weighted by Gasteiger charge is 2.41. The predicted octanol–water partition coefficient (Wildman–Crippen LogP) is 1.98. The van der Waals surface area contributed by atoms with Crippen LogP contribution in [-0.4, -0.2) is 62.1 Å². The molecule has 1 saturated heterocycles. The van der Waals surface area contributed by atoms with Crippen LogP contribution in [0.5, 0.6) is 0 Å². The Morgan fingerprint density at radius 1 is 1.37 bits per heavy atom. The molecule has 2 fully saturated rings. The zero-order chi connectivity index (χ0) is 21.5. The number of urea groups is 1. The summed E-state index contributed by atoms with van der Waals surface area (Å²) in [5, 5.41) is 17.4. The first kappa shape index (κ1) is 20.4. The summed E-state index contributed by atoms with van der Waals surface area (Å²) in [6, 6.07) is 3.83. The molecule has 30 heavy (non-hydrogen) atoms. The smallest absolute Gasteiger partial charge is 0.318 e. The molecule has 162 valence electrons. The molecule has 1 saturated carbocycles. The molecule has 2 aliphatic rings. The minimum absolute atomic E-state index is 0.0206. The number of aromatic nitrogens is 4. The molecule has 2 atom stereocenters. The first-order chi connectivity index (χ1) is 14.3. The van der Waals surface area contributed by atoms with Crippen molar-refractivity contribution in [3.05, 3.63) is 29.2 Å². The summed E-state index contributed by atoms with van der Waals surface area (Å²) in [5.41, 5.74) is 1.93. The number of hydrogen-bond acceptors (Lipinski definition) is 5. The number of methoxy groups -OCH3 is 1. The number of aromatic amines is 1. The van der Waals surface area contributed by atoms with Gasteiger partial charge in [-0.1, -0.05) is 0 Å². The van der Waals surface area contributed by atoms with E-state index in [2.05, 4.69) is 25.9 Å². The van der Waals surface area contributed by atoms with Crippen molar-refractivity contribution in [2.45, 2.75) is 57.2 Å². The van der Waals surface area contributed by atoms with Crippen LogP contribution in [0, 0.1) is 0 Å². The summed E-state index contributed by atoms with van der Waals surface area (Å²) in [4.78, 5) is 26.8. The van der Waals surface area contributed by atoms with Crippen molar-refractivity contribution in [3.63, 3.8) is 0 Å². The topological polar surface area (TPSA) is 117 Å². The number of anilines is 1. The molecular formula is C20H29N7O3. The first-order valence-corrected chi connectivity index (χ1v) is 10.2. The number of ether oxygens (including phenoxy) is 1. The van der Waals surface area contributed by atoms with Crippen molar-refractivity contribution in [2.75, 3.05) is 19.0 Å². The number of carbonyl (C=O) groups excluding carboxylic acids is 2. The van der Waals surface area contributed by atoms with Crippen molar-refractivity contribution in [3.8, 4) is 0 Å². The van der Waals surface area contributed by atoms with E-state index in [4.69, 9.17) is 4.74 Å². The zero-order valence-electron chi connectivity index (χ0n) is 17.9. The Bertz CT molecular complexity index is 948.